The number of fused-ring (bicyclic) bond motifs is 1. The Balaban J connectivity index is 1.63. The van der Waals surface area contributed by atoms with Crippen LogP contribution in [-0.4, -0.2) is 47.2 Å². The molecule has 6 heteroatoms. The molecule has 1 aromatic heterocycles. The van der Waals surface area contributed by atoms with E-state index in [9.17, 15) is 9.18 Å². The van der Waals surface area contributed by atoms with Crippen LogP contribution in [0.25, 0.3) is 11.3 Å². The van der Waals surface area contributed by atoms with Crippen LogP contribution in [0.1, 0.15) is 10.4 Å². The molecule has 0 unspecified atom stereocenters. The van der Waals surface area contributed by atoms with Crippen molar-refractivity contribution in [1.82, 2.24) is 20.4 Å². The molecule has 1 amide bonds. The molecule has 5 nitrogen and oxygen atoms in total. The van der Waals surface area contributed by atoms with Gasteiger partial charge in [-0.2, -0.15) is 5.10 Å². The van der Waals surface area contributed by atoms with E-state index in [4.69, 9.17) is 0 Å². The summed E-state index contributed by atoms with van der Waals surface area (Å²) in [5, 5.41) is 10.1. The van der Waals surface area contributed by atoms with Crippen molar-refractivity contribution < 1.29 is 9.18 Å². The number of nitrogens with one attached hydrogen (secondary N) is 2. The lowest BCUT2D eigenvalue weighted by atomic mass is 10.0. The number of aromatic nitrogens is 2. The predicted molar refractivity (Wildman–Crippen MR) is 79.7 cm³/mol. The molecular weight excluding hydrogens is 283 g/mol. The Morgan fingerprint density at radius 1 is 1.23 bits per heavy atom. The fraction of sp³-hybridized carbons (Fsp3) is 0.375. The fourth-order valence-electron chi connectivity index (χ4n) is 3.51. The summed E-state index contributed by atoms with van der Waals surface area (Å²) in [6, 6.07) is 6.42. The van der Waals surface area contributed by atoms with E-state index in [2.05, 4.69) is 15.5 Å². The van der Waals surface area contributed by atoms with Crippen molar-refractivity contribution in [3.05, 3.63) is 41.8 Å². The highest BCUT2D eigenvalue weighted by atomic mass is 19.1. The van der Waals surface area contributed by atoms with Gasteiger partial charge < -0.3 is 10.2 Å². The molecule has 4 rings (SSSR count). The molecular formula is C16H17FN4O. The van der Waals surface area contributed by atoms with Crippen LogP contribution >= 0.6 is 0 Å². The van der Waals surface area contributed by atoms with Crippen LogP contribution in [0.5, 0.6) is 0 Å². The van der Waals surface area contributed by atoms with Gasteiger partial charge in [-0.25, -0.2) is 4.39 Å². The van der Waals surface area contributed by atoms with Gasteiger partial charge in [0.2, 0.25) is 0 Å². The second-order valence-electron chi connectivity index (χ2n) is 6.03. The molecule has 2 aliphatic heterocycles. The van der Waals surface area contributed by atoms with E-state index in [1.165, 1.54) is 12.3 Å². The lowest BCUT2D eigenvalue weighted by Gasteiger charge is -2.17. The Kier molecular flexibility index (Phi) is 3.18. The van der Waals surface area contributed by atoms with Gasteiger partial charge in [-0.15, -0.1) is 0 Å². The van der Waals surface area contributed by atoms with E-state index in [1.807, 2.05) is 4.90 Å². The van der Waals surface area contributed by atoms with Gasteiger partial charge >= 0.3 is 0 Å². The van der Waals surface area contributed by atoms with E-state index in [0.717, 1.165) is 26.2 Å². The maximum Gasteiger partial charge on any atom is 0.257 e. The summed E-state index contributed by atoms with van der Waals surface area (Å²) in [5.74, 6) is 0.644. The van der Waals surface area contributed by atoms with Crippen LogP contribution in [0.3, 0.4) is 0 Å². The largest absolute Gasteiger partial charge is 0.338 e. The van der Waals surface area contributed by atoms with E-state index >= 15 is 0 Å². The summed E-state index contributed by atoms with van der Waals surface area (Å²) < 4.78 is 14.0. The molecule has 2 aliphatic rings. The average Bonchev–Trinajstić information content (AvgIpc) is 3.22. The van der Waals surface area contributed by atoms with E-state index in [-0.39, 0.29) is 11.7 Å². The van der Waals surface area contributed by atoms with Crippen molar-refractivity contribution in [2.24, 2.45) is 11.8 Å². The van der Waals surface area contributed by atoms with Gasteiger partial charge in [0.25, 0.3) is 5.91 Å². The quantitative estimate of drug-likeness (QED) is 0.884. The smallest absolute Gasteiger partial charge is 0.257 e. The molecule has 0 spiro atoms. The Hall–Kier alpha value is -2.21. The molecule has 0 bridgehead atoms. The Labute approximate surface area is 127 Å². The summed E-state index contributed by atoms with van der Waals surface area (Å²) in [6.45, 7) is 3.47. The van der Waals surface area contributed by atoms with E-state index in [1.54, 1.807) is 18.2 Å². The first kappa shape index (κ1) is 13.5. The molecule has 114 valence electrons. The number of benzene rings is 1. The van der Waals surface area contributed by atoms with Crippen molar-refractivity contribution in [2.45, 2.75) is 0 Å². The third-order valence-corrected chi connectivity index (χ3v) is 4.69. The van der Waals surface area contributed by atoms with Crippen molar-refractivity contribution in [3.8, 4) is 11.3 Å². The number of hydrogen-bond acceptors (Lipinski definition) is 3. The number of halogens is 1. The van der Waals surface area contributed by atoms with Crippen molar-refractivity contribution >= 4 is 5.91 Å². The predicted octanol–water partition coefficient (Wildman–Crippen LogP) is 1.51. The molecule has 2 saturated heterocycles. The number of rotatable bonds is 2. The number of aromatic amines is 1. The zero-order chi connectivity index (χ0) is 15.1. The summed E-state index contributed by atoms with van der Waals surface area (Å²) in [5.41, 5.74) is 1.28. The molecule has 22 heavy (non-hydrogen) atoms. The first-order valence-corrected chi connectivity index (χ1v) is 7.52. The molecule has 0 aliphatic carbocycles. The van der Waals surface area contributed by atoms with Crippen LogP contribution < -0.4 is 5.32 Å². The standard InChI is InChI=1S/C16H17FN4O/c17-14-4-2-1-3-12(14)15-13(7-19-20-15)16(22)21-8-10-5-18-6-11(10)9-21/h1-4,7,10-11,18H,5-6,8-9H2,(H,19,20)/t10-,11+. The fourth-order valence-corrected chi connectivity index (χ4v) is 3.51. The first-order valence-electron chi connectivity index (χ1n) is 7.52. The molecule has 2 atom stereocenters. The van der Waals surface area contributed by atoms with E-state index in [0.29, 0.717) is 28.7 Å². The van der Waals surface area contributed by atoms with Gasteiger partial charge in [-0.1, -0.05) is 12.1 Å². The monoisotopic (exact) mass is 300 g/mol. The SMILES string of the molecule is O=C(c1cn[nH]c1-c1ccccc1F)N1C[C@H]2CNC[C@H]2C1. The Morgan fingerprint density at radius 3 is 2.68 bits per heavy atom. The van der Waals surface area contributed by atoms with Gasteiger partial charge in [0.15, 0.2) is 0 Å². The van der Waals surface area contributed by atoms with Crippen molar-refractivity contribution in [2.75, 3.05) is 26.2 Å². The van der Waals surface area contributed by atoms with Crippen LogP contribution in [-0.2, 0) is 0 Å². The molecule has 0 radical (unpaired) electrons. The van der Waals surface area contributed by atoms with Crippen molar-refractivity contribution in [3.63, 3.8) is 0 Å². The van der Waals surface area contributed by atoms with Gasteiger partial charge in [0.05, 0.1) is 17.5 Å². The molecule has 2 N–H and O–H groups in total. The zero-order valence-electron chi connectivity index (χ0n) is 12.1. The second-order valence-corrected chi connectivity index (χ2v) is 6.03. The first-order chi connectivity index (χ1) is 10.7. The number of hydrogen-bond donors (Lipinski definition) is 2. The van der Waals surface area contributed by atoms with Gasteiger partial charge in [-0.3, -0.25) is 9.89 Å². The molecule has 2 fully saturated rings. The minimum Gasteiger partial charge on any atom is -0.338 e. The number of likely N-dealkylation sites (tertiary alicyclic amines) is 1. The molecule has 1 aromatic carbocycles. The highest BCUT2D eigenvalue weighted by Gasteiger charge is 2.39. The van der Waals surface area contributed by atoms with Crippen LogP contribution in [0, 0.1) is 17.7 Å². The topological polar surface area (TPSA) is 61.0 Å². The lowest BCUT2D eigenvalue weighted by molar-refractivity contribution is 0.0782. The van der Waals surface area contributed by atoms with Crippen molar-refractivity contribution in [1.29, 1.82) is 0 Å². The summed E-state index contributed by atoms with van der Waals surface area (Å²) in [7, 11) is 0. The number of amides is 1. The van der Waals surface area contributed by atoms with Crippen LogP contribution in [0.4, 0.5) is 4.39 Å². The highest BCUT2D eigenvalue weighted by molar-refractivity contribution is 6.00. The normalized spacial score (nSPS) is 23.8. The average molecular weight is 300 g/mol. The van der Waals surface area contributed by atoms with E-state index < -0.39 is 0 Å². The number of H-pyrrole nitrogens is 1. The number of nitrogens with zero attached hydrogens (tertiary/aromatic N) is 2. The maximum absolute atomic E-state index is 14.0. The number of carbonyl (C=O) groups excluding carboxylic acids is 1. The third-order valence-electron chi connectivity index (χ3n) is 4.69. The number of carbonyl (C=O) groups is 1. The summed E-state index contributed by atoms with van der Waals surface area (Å²) in [6.07, 6.45) is 1.50. The van der Waals surface area contributed by atoms with Gasteiger partial charge in [0, 0.05) is 31.7 Å². The lowest BCUT2D eigenvalue weighted by Crippen LogP contribution is -2.32. The highest BCUT2D eigenvalue weighted by Crippen LogP contribution is 2.30. The zero-order valence-corrected chi connectivity index (χ0v) is 12.1. The minimum atomic E-state index is -0.358. The van der Waals surface area contributed by atoms with Gasteiger partial charge in [-0.05, 0) is 24.0 Å². The summed E-state index contributed by atoms with van der Waals surface area (Å²) >= 11 is 0. The molecule has 3 heterocycles. The third kappa shape index (κ3) is 2.11. The van der Waals surface area contributed by atoms with Gasteiger partial charge in [0.1, 0.15) is 5.82 Å². The molecule has 2 aromatic rings. The Bertz CT molecular complexity index is 702. The van der Waals surface area contributed by atoms with Crippen LogP contribution in [0.15, 0.2) is 30.5 Å². The maximum atomic E-state index is 14.0. The van der Waals surface area contributed by atoms with Crippen LogP contribution in [0.2, 0.25) is 0 Å². The summed E-state index contributed by atoms with van der Waals surface area (Å²) in [4.78, 5) is 14.6. The second kappa shape index (κ2) is 5.21. The molecule has 0 saturated carbocycles. The Morgan fingerprint density at radius 2 is 1.95 bits per heavy atom. The minimum absolute atomic E-state index is 0.0681.